The Kier molecular flexibility index (Phi) is 3.13. The zero-order valence-electron chi connectivity index (χ0n) is 13.6. The van der Waals surface area contributed by atoms with E-state index in [0.717, 1.165) is 34.2 Å². The molecule has 0 aromatic heterocycles. The first-order valence-electron chi connectivity index (χ1n) is 9.91. The summed E-state index contributed by atoms with van der Waals surface area (Å²) in [6.45, 7) is 1.09. The van der Waals surface area contributed by atoms with Gasteiger partial charge < -0.3 is 4.74 Å². The normalized spacial score (nSPS) is 53.4. The Hall–Kier alpha value is 0.177. The van der Waals surface area contributed by atoms with E-state index in [1.165, 1.54) is 19.3 Å². The van der Waals surface area contributed by atoms with Crippen molar-refractivity contribution >= 4 is 8.80 Å². The molecule has 5 fully saturated rings. The molecule has 21 heavy (non-hydrogen) atoms. The van der Waals surface area contributed by atoms with Crippen LogP contribution in [-0.2, 0) is 4.74 Å². The predicted octanol–water partition coefficient (Wildman–Crippen LogP) is 4.99. The second-order valence-corrected chi connectivity index (χ2v) is 13.6. The van der Waals surface area contributed by atoms with Crippen molar-refractivity contribution < 1.29 is 4.74 Å². The zero-order chi connectivity index (χ0) is 13.9. The Morgan fingerprint density at radius 1 is 0.714 bits per heavy atom. The molecule has 4 aliphatic carbocycles. The molecule has 1 saturated heterocycles. The van der Waals surface area contributed by atoms with Gasteiger partial charge in [0.2, 0.25) is 0 Å². The van der Waals surface area contributed by atoms with E-state index in [4.69, 9.17) is 4.74 Å². The molecule has 2 heteroatoms. The van der Waals surface area contributed by atoms with Gasteiger partial charge in [-0.25, -0.2) is 0 Å². The summed E-state index contributed by atoms with van der Waals surface area (Å²) in [7, 11) is -0.831. The van der Waals surface area contributed by atoms with E-state index in [2.05, 4.69) is 0 Å². The van der Waals surface area contributed by atoms with E-state index in [1.807, 2.05) is 0 Å². The van der Waals surface area contributed by atoms with Gasteiger partial charge in [0.05, 0.1) is 8.80 Å². The molecule has 0 aromatic rings. The second kappa shape index (κ2) is 4.83. The lowest BCUT2D eigenvalue weighted by Gasteiger charge is -2.50. The molecule has 4 saturated carbocycles. The van der Waals surface area contributed by atoms with E-state index < -0.39 is 8.80 Å². The fourth-order valence-corrected chi connectivity index (χ4v) is 14.7. The van der Waals surface area contributed by atoms with Gasteiger partial charge in [0.25, 0.3) is 0 Å². The van der Waals surface area contributed by atoms with Crippen LogP contribution < -0.4 is 0 Å². The van der Waals surface area contributed by atoms with Gasteiger partial charge >= 0.3 is 0 Å². The van der Waals surface area contributed by atoms with Crippen LogP contribution in [-0.4, -0.2) is 21.1 Å². The molecular weight excluding hydrogens is 272 g/mol. The number of hydrogen-bond donors (Lipinski definition) is 0. The molecule has 118 valence electrons. The third-order valence-electron chi connectivity index (χ3n) is 8.50. The molecule has 0 radical (unpaired) electrons. The molecule has 0 amide bonds. The molecule has 1 heterocycles. The van der Waals surface area contributed by atoms with Crippen molar-refractivity contribution in [1.82, 2.24) is 0 Å². The Bertz CT molecular complexity index is 368. The number of rotatable bonds is 3. The van der Waals surface area contributed by atoms with Crippen LogP contribution in [0.5, 0.6) is 0 Å². The van der Waals surface area contributed by atoms with Crippen molar-refractivity contribution in [3.8, 4) is 0 Å². The maximum Gasteiger partial charge on any atom is 0.0840 e. The highest BCUT2D eigenvalue weighted by Gasteiger charge is 2.62. The van der Waals surface area contributed by atoms with Crippen LogP contribution in [0.15, 0.2) is 0 Å². The summed E-state index contributed by atoms with van der Waals surface area (Å²) >= 11 is 0. The predicted molar refractivity (Wildman–Crippen MR) is 89.3 cm³/mol. The highest BCUT2D eigenvalue weighted by Crippen LogP contribution is 2.72. The van der Waals surface area contributed by atoms with E-state index >= 15 is 0 Å². The standard InChI is InChI=1S/C19H32OSi/c1-2-12-20-17(3-1)21(18-8-4-15(13-18)5-9-18)19-10-6-16(14-19)7-11-19/h15-17,21H,1-14H2. The average Bonchev–Trinajstić information content (AvgIpc) is 3.29. The fourth-order valence-electron chi connectivity index (χ4n) is 7.81. The minimum atomic E-state index is -0.831. The summed E-state index contributed by atoms with van der Waals surface area (Å²) in [5.74, 6) is 2.25. The maximum absolute atomic E-state index is 6.52. The maximum atomic E-state index is 6.52. The minimum absolute atomic E-state index is 0.771. The Morgan fingerprint density at radius 3 is 1.67 bits per heavy atom. The molecule has 1 nitrogen and oxygen atoms in total. The van der Waals surface area contributed by atoms with Crippen LogP contribution in [0.3, 0.4) is 0 Å². The summed E-state index contributed by atoms with van der Waals surface area (Å²) in [4.78, 5) is 0. The minimum Gasteiger partial charge on any atom is -0.382 e. The van der Waals surface area contributed by atoms with Crippen molar-refractivity contribution in [2.75, 3.05) is 6.61 Å². The zero-order valence-corrected chi connectivity index (χ0v) is 14.8. The lowest BCUT2D eigenvalue weighted by molar-refractivity contribution is 0.0564. The SMILES string of the molecule is C1CCC([SiH](C23CCC(CC2)C3)C23CCC(CC2)C3)OC1. The van der Waals surface area contributed by atoms with Crippen LogP contribution in [0.4, 0.5) is 0 Å². The smallest absolute Gasteiger partial charge is 0.0840 e. The molecule has 5 rings (SSSR count). The van der Waals surface area contributed by atoms with Gasteiger partial charge in [0.1, 0.15) is 0 Å². The summed E-state index contributed by atoms with van der Waals surface area (Å²) in [6, 6.07) is 0. The third kappa shape index (κ3) is 1.97. The Labute approximate surface area is 131 Å². The molecule has 5 aliphatic rings. The molecular formula is C19H32OSi. The molecule has 1 unspecified atom stereocenters. The average molecular weight is 305 g/mol. The largest absolute Gasteiger partial charge is 0.382 e. The van der Waals surface area contributed by atoms with E-state index in [9.17, 15) is 0 Å². The first kappa shape index (κ1) is 13.6. The number of ether oxygens (including phenoxy) is 1. The van der Waals surface area contributed by atoms with Gasteiger partial charge in [-0.15, -0.1) is 0 Å². The molecule has 4 bridgehead atoms. The van der Waals surface area contributed by atoms with Crippen LogP contribution in [0.1, 0.15) is 83.5 Å². The first-order chi connectivity index (χ1) is 10.3. The van der Waals surface area contributed by atoms with Crippen LogP contribution >= 0.6 is 0 Å². The Balaban J connectivity index is 1.51. The monoisotopic (exact) mass is 304 g/mol. The van der Waals surface area contributed by atoms with Gasteiger partial charge in [-0.3, -0.25) is 0 Å². The summed E-state index contributed by atoms with van der Waals surface area (Å²) in [5.41, 5.74) is 0.771. The van der Waals surface area contributed by atoms with Crippen LogP contribution in [0.25, 0.3) is 0 Å². The molecule has 0 N–H and O–H groups in total. The van der Waals surface area contributed by atoms with Crippen LogP contribution in [0, 0.1) is 11.8 Å². The molecule has 1 atom stereocenters. The lowest BCUT2D eigenvalue weighted by atomic mass is 9.99. The van der Waals surface area contributed by atoms with Gasteiger partial charge in [0, 0.05) is 12.3 Å². The number of hydrogen-bond acceptors (Lipinski definition) is 1. The van der Waals surface area contributed by atoms with Crippen molar-refractivity contribution in [2.45, 2.75) is 99.3 Å². The summed E-state index contributed by atoms with van der Waals surface area (Å²) in [6.07, 6.45) is 20.3. The van der Waals surface area contributed by atoms with E-state index in [-0.39, 0.29) is 0 Å². The summed E-state index contributed by atoms with van der Waals surface area (Å²) < 4.78 is 6.52. The highest BCUT2D eigenvalue weighted by molar-refractivity contribution is 6.67. The van der Waals surface area contributed by atoms with Crippen molar-refractivity contribution in [2.24, 2.45) is 11.8 Å². The highest BCUT2D eigenvalue weighted by atomic mass is 28.3. The van der Waals surface area contributed by atoms with E-state index in [1.54, 1.807) is 64.2 Å². The summed E-state index contributed by atoms with van der Waals surface area (Å²) in [5, 5.41) is 1.71. The number of fused-ring (bicyclic) bond motifs is 4. The molecule has 0 aromatic carbocycles. The van der Waals surface area contributed by atoms with Gasteiger partial charge in [-0.05, 0) is 79.7 Å². The fraction of sp³-hybridized carbons (Fsp3) is 1.00. The first-order valence-corrected chi connectivity index (χ1v) is 11.7. The van der Waals surface area contributed by atoms with Crippen molar-refractivity contribution in [1.29, 1.82) is 0 Å². The molecule has 1 aliphatic heterocycles. The van der Waals surface area contributed by atoms with Gasteiger partial charge in [0.15, 0.2) is 0 Å². The van der Waals surface area contributed by atoms with Gasteiger partial charge in [-0.2, -0.15) is 0 Å². The lowest BCUT2D eigenvalue weighted by Crippen LogP contribution is -2.51. The third-order valence-corrected chi connectivity index (χ3v) is 14.0. The van der Waals surface area contributed by atoms with Crippen molar-refractivity contribution in [3.05, 3.63) is 0 Å². The topological polar surface area (TPSA) is 9.23 Å². The quantitative estimate of drug-likeness (QED) is 0.667. The second-order valence-electron chi connectivity index (χ2n) is 9.40. The van der Waals surface area contributed by atoms with Crippen molar-refractivity contribution in [3.63, 3.8) is 0 Å². The molecule has 0 spiro atoms. The Morgan fingerprint density at radius 2 is 1.29 bits per heavy atom. The van der Waals surface area contributed by atoms with Crippen LogP contribution in [0.2, 0.25) is 10.1 Å². The van der Waals surface area contributed by atoms with E-state index in [0.29, 0.717) is 0 Å². The van der Waals surface area contributed by atoms with Gasteiger partial charge in [-0.1, -0.05) is 25.7 Å².